The van der Waals surface area contributed by atoms with E-state index >= 15 is 0 Å². The molecule has 2 saturated heterocycles. The van der Waals surface area contributed by atoms with Gasteiger partial charge in [-0.2, -0.15) is 4.57 Å². The summed E-state index contributed by atoms with van der Waals surface area (Å²) in [7, 11) is 4.89. The van der Waals surface area contributed by atoms with Crippen molar-refractivity contribution in [1.29, 1.82) is 0 Å². The Bertz CT molecular complexity index is 1600. The Labute approximate surface area is 341 Å². The van der Waals surface area contributed by atoms with Gasteiger partial charge in [-0.15, -0.1) is 0 Å². The number of hydrogen-bond acceptors (Lipinski definition) is 11. The number of carbonyl (C=O) groups is 4. The van der Waals surface area contributed by atoms with E-state index in [1.807, 2.05) is 20.8 Å². The molecule has 3 heterocycles. The molecule has 14 heteroatoms. The first-order valence-electron chi connectivity index (χ1n) is 19.5. The topological polar surface area (TPSA) is 163 Å². The number of halogens is 1. The van der Waals surface area contributed by atoms with Crippen molar-refractivity contribution in [3.63, 3.8) is 0 Å². The smallest absolute Gasteiger partial charge is 0.372 e. The predicted molar refractivity (Wildman–Crippen MR) is 193 cm³/mol. The van der Waals surface area contributed by atoms with Crippen molar-refractivity contribution in [3.05, 3.63) is 53.9 Å². The number of rotatable bonds is 10. The number of pyridine rings is 1. The van der Waals surface area contributed by atoms with E-state index in [1.165, 1.54) is 6.20 Å². The summed E-state index contributed by atoms with van der Waals surface area (Å²) in [5.41, 5.74) is 6.31. The zero-order chi connectivity index (χ0) is 38.7. The lowest BCUT2D eigenvalue weighted by Gasteiger charge is -2.44. The standard InChI is InChI=1S/C41H56N2O11.HI/c1-7-26-11-8-12-33(54-35(45)21-43-15-9-10-25(20-43)40(42)47)22(2)36(46)32-18-30-28(31(32)19-34(44)52-26)14-13-24-16-27(17-29(24)30)53-41-39(50-6)38(49-5)37(48-4)23(3)51-41;/h9-10,13-15,18,20,22-24,26-31,33,37-39,41H,7-8,11-12,16-17,19,21H2,1-6H3,(H-,42,47);1H/t22-,23+,24-,26+,27-,28-,29-,30-,31+,33+,37+,38-,39-,41+;/m1./s1. The average Bonchev–Trinajstić information content (AvgIpc) is 3.73. The molecule has 6 rings (SSSR count). The van der Waals surface area contributed by atoms with Gasteiger partial charge in [0.25, 0.3) is 5.91 Å². The molecule has 0 radical (unpaired) electrons. The van der Waals surface area contributed by atoms with Crippen molar-refractivity contribution in [2.45, 2.75) is 121 Å². The summed E-state index contributed by atoms with van der Waals surface area (Å²) >= 11 is 0. The number of fused-ring (bicyclic) bond motifs is 5. The van der Waals surface area contributed by atoms with Crippen molar-refractivity contribution < 1.29 is 80.9 Å². The summed E-state index contributed by atoms with van der Waals surface area (Å²) in [6.45, 7) is 5.61. The number of Topliss-reactive ketones (excluding diaryl/α,β-unsaturated/α-hetero) is 1. The van der Waals surface area contributed by atoms with E-state index in [1.54, 1.807) is 44.2 Å². The molecule has 3 aliphatic carbocycles. The van der Waals surface area contributed by atoms with Crippen LogP contribution >= 0.6 is 0 Å². The Balaban J connectivity index is 0.00000580. The van der Waals surface area contributed by atoms with E-state index in [2.05, 4.69) is 18.2 Å². The number of cyclic esters (lactones) is 1. The molecule has 2 N–H and O–H groups in total. The van der Waals surface area contributed by atoms with Crippen LogP contribution in [0.4, 0.5) is 0 Å². The number of aromatic nitrogens is 1. The molecule has 1 amide bonds. The third-order valence-corrected chi connectivity index (χ3v) is 12.4. The third-order valence-electron chi connectivity index (χ3n) is 12.4. The molecule has 1 aromatic heterocycles. The van der Waals surface area contributed by atoms with Gasteiger partial charge in [-0.25, -0.2) is 4.79 Å². The van der Waals surface area contributed by atoms with Crippen molar-refractivity contribution in [2.75, 3.05) is 21.3 Å². The van der Waals surface area contributed by atoms with Gasteiger partial charge in [0.1, 0.15) is 36.1 Å². The molecule has 13 nitrogen and oxygen atoms in total. The van der Waals surface area contributed by atoms with Crippen molar-refractivity contribution >= 4 is 23.6 Å². The summed E-state index contributed by atoms with van der Waals surface area (Å²) in [6.07, 6.45) is 10.5. The molecular formula is C41H57IN2O11. The van der Waals surface area contributed by atoms with Crippen LogP contribution in [-0.2, 0) is 54.1 Å². The highest BCUT2D eigenvalue weighted by atomic mass is 127. The van der Waals surface area contributed by atoms with Crippen LogP contribution in [0, 0.1) is 35.5 Å². The number of methoxy groups -OCH3 is 3. The highest BCUT2D eigenvalue weighted by Gasteiger charge is 2.52. The Morgan fingerprint density at radius 2 is 1.73 bits per heavy atom. The molecule has 3 fully saturated rings. The predicted octanol–water partition coefficient (Wildman–Crippen LogP) is 0.649. The first kappa shape index (κ1) is 43.4. The van der Waals surface area contributed by atoms with Crippen LogP contribution in [0.3, 0.4) is 0 Å². The van der Waals surface area contributed by atoms with Crippen LogP contribution in [0.2, 0.25) is 0 Å². The molecule has 2 aliphatic heterocycles. The maximum atomic E-state index is 14.5. The molecule has 55 heavy (non-hydrogen) atoms. The lowest BCUT2D eigenvalue weighted by Crippen LogP contribution is -3.00. The fourth-order valence-electron chi connectivity index (χ4n) is 9.58. The molecule has 14 atom stereocenters. The van der Waals surface area contributed by atoms with Gasteiger partial charge in [0.05, 0.1) is 24.5 Å². The number of allylic oxidation sites excluding steroid dienone is 4. The number of amides is 1. The summed E-state index contributed by atoms with van der Waals surface area (Å²) in [4.78, 5) is 53.0. The fraction of sp³-hybridized carbons (Fsp3) is 0.683. The number of esters is 2. The number of primary amides is 1. The molecule has 0 aromatic carbocycles. The van der Waals surface area contributed by atoms with Gasteiger partial charge in [-0.1, -0.05) is 32.1 Å². The normalized spacial score (nSPS) is 37.5. The minimum absolute atomic E-state index is 0. The van der Waals surface area contributed by atoms with Crippen LogP contribution in [0.5, 0.6) is 0 Å². The Morgan fingerprint density at radius 3 is 2.42 bits per heavy atom. The zero-order valence-electron chi connectivity index (χ0n) is 32.7. The van der Waals surface area contributed by atoms with E-state index < -0.39 is 36.3 Å². The summed E-state index contributed by atoms with van der Waals surface area (Å²) in [5.74, 6) is -2.14. The Kier molecular flexibility index (Phi) is 15.1. The van der Waals surface area contributed by atoms with E-state index in [0.717, 1.165) is 12.8 Å². The molecule has 0 bridgehead atoms. The van der Waals surface area contributed by atoms with Gasteiger partial charge in [-0.3, -0.25) is 14.4 Å². The van der Waals surface area contributed by atoms with Gasteiger partial charge in [0, 0.05) is 33.3 Å². The van der Waals surface area contributed by atoms with Crippen LogP contribution in [0.1, 0.15) is 76.1 Å². The second-order valence-electron chi connectivity index (χ2n) is 15.6. The second kappa shape index (κ2) is 19.1. The number of nitrogens with two attached hydrogens (primary N) is 1. The fourth-order valence-corrected chi connectivity index (χ4v) is 9.58. The summed E-state index contributed by atoms with van der Waals surface area (Å²) in [5, 5.41) is 0. The van der Waals surface area contributed by atoms with Crippen molar-refractivity contribution in [3.8, 4) is 0 Å². The monoisotopic (exact) mass is 880 g/mol. The van der Waals surface area contributed by atoms with Crippen molar-refractivity contribution in [2.24, 2.45) is 41.2 Å². The third kappa shape index (κ3) is 9.52. The molecular weight excluding hydrogens is 823 g/mol. The number of hydrogen-bond donors (Lipinski definition) is 1. The molecule has 0 unspecified atom stereocenters. The molecule has 304 valence electrons. The SMILES string of the molecule is CC[C@H]1CCC[C@H](OC(=O)C[n+]2cccc(C(N)=O)c2)[C@@H](C)C(=O)C2=C[C@@H]3[C@@H](C=C[C@@H]4C[C@@H](O[C@@H]5O[C@@H](C)[C@H](OC)[C@@H](OC)[C@H]5OC)C[C@@H]34)[C@@H]2CC(=O)O1.[I-]. The van der Waals surface area contributed by atoms with Gasteiger partial charge in [0.15, 0.2) is 24.5 Å². The maximum Gasteiger partial charge on any atom is 0.372 e. The Hall–Kier alpha value is -2.76. The first-order chi connectivity index (χ1) is 26.0. The van der Waals surface area contributed by atoms with Gasteiger partial charge in [0.2, 0.25) is 6.54 Å². The van der Waals surface area contributed by atoms with Crippen LogP contribution < -0.4 is 34.3 Å². The molecule has 0 spiro atoms. The number of ketones is 1. The zero-order valence-corrected chi connectivity index (χ0v) is 34.8. The highest BCUT2D eigenvalue weighted by Crippen LogP contribution is 2.54. The molecule has 1 saturated carbocycles. The van der Waals surface area contributed by atoms with Gasteiger partial charge in [-0.05, 0) is 80.8 Å². The largest absolute Gasteiger partial charge is 1.00 e. The second-order valence-corrected chi connectivity index (χ2v) is 15.6. The van der Waals surface area contributed by atoms with Crippen LogP contribution in [0.15, 0.2) is 48.3 Å². The van der Waals surface area contributed by atoms with E-state index in [-0.39, 0.29) is 114 Å². The van der Waals surface area contributed by atoms with Crippen molar-refractivity contribution in [1.82, 2.24) is 0 Å². The number of nitrogens with zero attached hydrogens (tertiary/aromatic N) is 1. The van der Waals surface area contributed by atoms with E-state index in [4.69, 9.17) is 38.9 Å². The minimum atomic E-state index is -0.686. The number of ether oxygens (including phenoxy) is 7. The van der Waals surface area contributed by atoms with Gasteiger partial charge < -0.3 is 62.9 Å². The average molecular weight is 881 g/mol. The lowest BCUT2D eigenvalue weighted by molar-refractivity contribution is -0.686. The number of carbonyl (C=O) groups excluding carboxylic acids is 4. The molecule has 5 aliphatic rings. The molecule has 1 aromatic rings. The highest BCUT2D eigenvalue weighted by molar-refractivity contribution is 5.99. The first-order valence-corrected chi connectivity index (χ1v) is 19.5. The lowest BCUT2D eigenvalue weighted by atomic mass is 9.70. The minimum Gasteiger partial charge on any atom is -1.00 e. The van der Waals surface area contributed by atoms with Gasteiger partial charge >= 0.3 is 11.9 Å². The summed E-state index contributed by atoms with van der Waals surface area (Å²) < 4.78 is 43.8. The quantitative estimate of drug-likeness (QED) is 0.152. The Morgan fingerprint density at radius 1 is 0.982 bits per heavy atom. The van der Waals surface area contributed by atoms with E-state index in [0.29, 0.717) is 31.3 Å². The maximum absolute atomic E-state index is 14.5. The van der Waals surface area contributed by atoms with Crippen LogP contribution in [-0.4, -0.2) is 94.0 Å². The van der Waals surface area contributed by atoms with Crippen LogP contribution in [0.25, 0.3) is 0 Å². The summed E-state index contributed by atoms with van der Waals surface area (Å²) in [6, 6.07) is 3.21. The van der Waals surface area contributed by atoms with E-state index in [9.17, 15) is 19.2 Å².